The summed E-state index contributed by atoms with van der Waals surface area (Å²) in [4.78, 5) is 0. The lowest BCUT2D eigenvalue weighted by Crippen LogP contribution is -3.00. The van der Waals surface area contributed by atoms with Gasteiger partial charge in [-0.05, 0) is 51.1 Å². The summed E-state index contributed by atoms with van der Waals surface area (Å²) >= 11 is 1.82. The Morgan fingerprint density at radius 2 is 1.78 bits per heavy atom. The van der Waals surface area contributed by atoms with E-state index in [1.807, 2.05) is 11.8 Å². The first-order valence-electron chi connectivity index (χ1n) is 6.04. The highest BCUT2D eigenvalue weighted by molar-refractivity contribution is 7.98. The summed E-state index contributed by atoms with van der Waals surface area (Å²) < 4.78 is 2.43. The maximum absolute atomic E-state index is 2.43. The Kier molecular flexibility index (Phi) is 5.46. The van der Waals surface area contributed by atoms with Crippen LogP contribution in [0.25, 0.3) is 10.9 Å². The summed E-state index contributed by atoms with van der Waals surface area (Å²) in [5, 5.41) is 2.71. The van der Waals surface area contributed by atoms with Crippen molar-refractivity contribution in [3.8, 4) is 0 Å². The fourth-order valence-corrected chi connectivity index (χ4v) is 3.12. The zero-order chi connectivity index (χ0) is 12.6. The monoisotopic (exact) mass is 373 g/mol. The topological polar surface area (TPSA) is 3.88 Å². The van der Waals surface area contributed by atoms with Crippen molar-refractivity contribution in [3.05, 3.63) is 35.4 Å². The van der Waals surface area contributed by atoms with Crippen molar-refractivity contribution in [3.63, 3.8) is 0 Å². The van der Waals surface area contributed by atoms with Gasteiger partial charge in [-0.15, -0.1) is 0 Å². The third-order valence-corrected chi connectivity index (χ3v) is 3.87. The highest BCUT2D eigenvalue weighted by Crippen LogP contribution is 2.23. The molecule has 3 heteroatoms. The molecule has 0 aliphatic rings. The molecule has 0 spiro atoms. The van der Waals surface area contributed by atoms with Crippen LogP contribution >= 0.6 is 11.8 Å². The van der Waals surface area contributed by atoms with E-state index in [0.29, 0.717) is 6.04 Å². The molecule has 18 heavy (non-hydrogen) atoms. The Morgan fingerprint density at radius 3 is 2.33 bits per heavy atom. The van der Waals surface area contributed by atoms with E-state index < -0.39 is 0 Å². The van der Waals surface area contributed by atoms with Gasteiger partial charge in [-0.3, -0.25) is 0 Å². The molecule has 1 aromatic carbocycles. The lowest BCUT2D eigenvalue weighted by atomic mass is 10.1. The van der Waals surface area contributed by atoms with E-state index in [4.69, 9.17) is 0 Å². The molecule has 0 fully saturated rings. The van der Waals surface area contributed by atoms with E-state index in [2.05, 4.69) is 62.8 Å². The Morgan fingerprint density at radius 1 is 1.11 bits per heavy atom. The molecule has 0 radical (unpaired) electrons. The molecule has 2 aromatic rings. The summed E-state index contributed by atoms with van der Waals surface area (Å²) in [6, 6.07) is 9.51. The molecular weight excluding hydrogens is 353 g/mol. The van der Waals surface area contributed by atoms with Gasteiger partial charge in [-0.2, -0.15) is 4.57 Å². The number of halogens is 1. The molecule has 98 valence electrons. The van der Waals surface area contributed by atoms with E-state index in [9.17, 15) is 0 Å². The van der Waals surface area contributed by atoms with E-state index in [0.717, 1.165) is 0 Å². The lowest BCUT2D eigenvalue weighted by Gasteiger charge is -2.11. The van der Waals surface area contributed by atoms with Crippen molar-refractivity contribution in [1.29, 1.82) is 0 Å². The van der Waals surface area contributed by atoms with Gasteiger partial charge in [0.05, 0.1) is 0 Å². The van der Waals surface area contributed by atoms with Crippen LogP contribution in [0.15, 0.2) is 29.3 Å². The second kappa shape index (κ2) is 6.24. The summed E-state index contributed by atoms with van der Waals surface area (Å²) in [6.07, 6.45) is 2.15. The summed E-state index contributed by atoms with van der Waals surface area (Å²) in [6.45, 7) is 8.85. The lowest BCUT2D eigenvalue weighted by molar-refractivity contribution is -0.726. The summed E-state index contributed by atoms with van der Waals surface area (Å²) in [5.41, 5.74) is 4.04. The summed E-state index contributed by atoms with van der Waals surface area (Å²) in [5.74, 6) is 0. The van der Waals surface area contributed by atoms with Crippen molar-refractivity contribution >= 4 is 22.7 Å². The molecule has 0 saturated carbocycles. The van der Waals surface area contributed by atoms with Gasteiger partial charge in [-0.1, -0.05) is 17.8 Å². The SMILES string of the molecule is CSc1cc(C)c2ccc(C)cc2[n+]1C(C)C.[I-]. The van der Waals surface area contributed by atoms with Crippen LogP contribution in [-0.4, -0.2) is 6.26 Å². The molecular formula is C15H20INS. The number of nitrogens with zero attached hydrogens (tertiary/aromatic N) is 1. The second-order valence-corrected chi connectivity index (χ2v) is 5.68. The molecule has 1 heterocycles. The predicted octanol–water partition coefficient (Wildman–Crippen LogP) is 1.05. The fraction of sp³-hybridized carbons (Fsp3) is 0.400. The van der Waals surface area contributed by atoms with Gasteiger partial charge in [0, 0.05) is 17.5 Å². The maximum Gasteiger partial charge on any atom is 0.240 e. The third kappa shape index (κ3) is 2.82. The molecule has 0 aliphatic carbocycles. The quantitative estimate of drug-likeness (QED) is 0.433. The number of hydrogen-bond donors (Lipinski definition) is 0. The molecule has 2 rings (SSSR count). The zero-order valence-corrected chi connectivity index (χ0v) is 14.6. The van der Waals surface area contributed by atoms with Gasteiger partial charge in [0.2, 0.25) is 10.5 Å². The van der Waals surface area contributed by atoms with Crippen LogP contribution < -0.4 is 28.5 Å². The maximum atomic E-state index is 2.43. The van der Waals surface area contributed by atoms with Gasteiger partial charge < -0.3 is 24.0 Å². The van der Waals surface area contributed by atoms with E-state index >= 15 is 0 Å². The number of aromatic nitrogens is 1. The average molecular weight is 373 g/mol. The first-order chi connectivity index (χ1) is 8.04. The molecule has 0 unspecified atom stereocenters. The van der Waals surface area contributed by atoms with E-state index in [1.165, 1.54) is 27.1 Å². The predicted molar refractivity (Wildman–Crippen MR) is 75.8 cm³/mol. The first kappa shape index (κ1) is 15.8. The minimum absolute atomic E-state index is 0. The first-order valence-corrected chi connectivity index (χ1v) is 7.26. The smallest absolute Gasteiger partial charge is 0.240 e. The number of pyridine rings is 1. The Hall–Kier alpha value is -0.290. The molecule has 0 atom stereocenters. The van der Waals surface area contributed by atoms with Crippen molar-refractivity contribution < 1.29 is 28.5 Å². The van der Waals surface area contributed by atoms with Crippen LogP contribution in [0.1, 0.15) is 31.0 Å². The number of hydrogen-bond acceptors (Lipinski definition) is 1. The normalized spacial score (nSPS) is 10.8. The van der Waals surface area contributed by atoms with Crippen molar-refractivity contribution in [2.45, 2.75) is 38.8 Å². The van der Waals surface area contributed by atoms with Crippen LogP contribution in [0.3, 0.4) is 0 Å². The van der Waals surface area contributed by atoms with Gasteiger partial charge >= 0.3 is 0 Å². The van der Waals surface area contributed by atoms with Crippen LogP contribution in [-0.2, 0) is 0 Å². The van der Waals surface area contributed by atoms with Crippen LogP contribution in [0.4, 0.5) is 0 Å². The van der Waals surface area contributed by atoms with Crippen LogP contribution in [0.2, 0.25) is 0 Å². The van der Waals surface area contributed by atoms with Crippen molar-refractivity contribution in [1.82, 2.24) is 0 Å². The standard InChI is InChI=1S/C15H20NS.HI/c1-10(2)16-14-8-11(3)6-7-13(14)12(4)9-15(16)17-5;/h6-10H,1-5H3;1H/q+1;/p-1. The highest BCUT2D eigenvalue weighted by atomic mass is 127. The zero-order valence-electron chi connectivity index (χ0n) is 11.6. The molecule has 0 bridgehead atoms. The minimum Gasteiger partial charge on any atom is -1.00 e. The minimum atomic E-state index is 0. The molecule has 1 nitrogen and oxygen atoms in total. The number of benzene rings is 1. The third-order valence-electron chi connectivity index (χ3n) is 3.14. The second-order valence-electron chi connectivity index (χ2n) is 4.85. The molecule has 1 aromatic heterocycles. The number of thioether (sulfide) groups is 1. The van der Waals surface area contributed by atoms with Gasteiger partial charge in [-0.25, -0.2) is 0 Å². The molecule has 0 saturated heterocycles. The van der Waals surface area contributed by atoms with E-state index in [-0.39, 0.29) is 24.0 Å². The highest BCUT2D eigenvalue weighted by Gasteiger charge is 2.20. The number of fused-ring (bicyclic) bond motifs is 1. The fourth-order valence-electron chi connectivity index (χ4n) is 2.32. The Balaban J connectivity index is 0.00000162. The van der Waals surface area contributed by atoms with Gasteiger partial charge in [0.25, 0.3) is 0 Å². The number of aryl methyl sites for hydroxylation is 2. The molecule has 0 N–H and O–H groups in total. The average Bonchev–Trinajstić information content (AvgIpc) is 2.27. The Labute approximate surface area is 131 Å². The van der Waals surface area contributed by atoms with E-state index in [1.54, 1.807) is 0 Å². The summed E-state index contributed by atoms with van der Waals surface area (Å²) in [7, 11) is 0. The Bertz CT molecular complexity index is 564. The van der Waals surface area contributed by atoms with Crippen molar-refractivity contribution in [2.75, 3.05) is 6.26 Å². The van der Waals surface area contributed by atoms with Crippen LogP contribution in [0.5, 0.6) is 0 Å². The van der Waals surface area contributed by atoms with Gasteiger partial charge in [0.1, 0.15) is 0 Å². The molecule has 0 aliphatic heterocycles. The largest absolute Gasteiger partial charge is 1.00 e. The number of rotatable bonds is 2. The van der Waals surface area contributed by atoms with Crippen molar-refractivity contribution in [2.24, 2.45) is 0 Å². The molecule has 0 amide bonds. The van der Waals surface area contributed by atoms with Crippen LogP contribution in [0, 0.1) is 13.8 Å². The van der Waals surface area contributed by atoms with Gasteiger partial charge in [0.15, 0.2) is 6.04 Å².